The number of nitrogens with zero attached hydrogens (tertiary/aromatic N) is 5. The molecule has 0 saturated heterocycles. The van der Waals surface area contributed by atoms with E-state index in [9.17, 15) is 14.9 Å². The van der Waals surface area contributed by atoms with Gasteiger partial charge in [-0.2, -0.15) is 5.26 Å². The predicted molar refractivity (Wildman–Crippen MR) is 334 cm³/mol. The Labute approximate surface area is 471 Å². The van der Waals surface area contributed by atoms with Crippen LogP contribution in [0.15, 0.2) is 273 Å². The third kappa shape index (κ3) is 7.22. The smallest absolute Gasteiger partial charge is 0.266 e. The van der Waals surface area contributed by atoms with Gasteiger partial charge in [0.2, 0.25) is 0 Å². The number of rotatable bonds is 8. The molecule has 0 bridgehead atoms. The minimum Gasteiger partial charge on any atom is -0.309 e. The maximum atomic E-state index is 14.0. The Hall–Kier alpha value is -11.3. The number of benzene rings is 12. The van der Waals surface area contributed by atoms with Crippen LogP contribution in [0.1, 0.15) is 26.3 Å². The Kier molecular flexibility index (Phi) is 10.5. The number of hydrogen-bond donors (Lipinski definition) is 0. The van der Waals surface area contributed by atoms with Crippen LogP contribution in [0.25, 0.3) is 127 Å². The Morgan fingerprint density at radius 3 is 1.00 bits per heavy atom. The molecule has 382 valence electrons. The van der Waals surface area contributed by atoms with Crippen LogP contribution in [0.4, 0.5) is 5.69 Å². The van der Waals surface area contributed by atoms with Crippen molar-refractivity contribution >= 4 is 82.9 Å². The lowest BCUT2D eigenvalue weighted by atomic mass is 9.98. The van der Waals surface area contributed by atoms with Crippen molar-refractivity contribution in [2.45, 2.75) is 0 Å². The summed E-state index contributed by atoms with van der Waals surface area (Å²) in [5.74, 6) is -0.902. The molecule has 7 nitrogen and oxygen atoms in total. The first-order chi connectivity index (χ1) is 40.5. The minimum atomic E-state index is -0.451. The van der Waals surface area contributed by atoms with E-state index in [2.05, 4.69) is 238 Å². The summed E-state index contributed by atoms with van der Waals surface area (Å²) in [6.07, 6.45) is 0. The van der Waals surface area contributed by atoms with Crippen LogP contribution in [0.3, 0.4) is 0 Å². The van der Waals surface area contributed by atoms with E-state index in [0.717, 1.165) is 93.2 Å². The molecule has 0 saturated carbocycles. The number of para-hydroxylation sites is 2. The highest BCUT2D eigenvalue weighted by molar-refractivity contribution is 6.35. The number of hydrogen-bond acceptors (Lipinski definition) is 3. The fraction of sp³-hybridized carbons (Fsp3) is 0. The largest absolute Gasteiger partial charge is 0.309 e. The van der Waals surface area contributed by atoms with Crippen LogP contribution < -0.4 is 4.90 Å². The number of carbonyl (C=O) groups is 2. The first-order valence-electron chi connectivity index (χ1n) is 27.5. The highest BCUT2D eigenvalue weighted by atomic mass is 16.2. The molecule has 7 heteroatoms. The number of aromatic nitrogens is 3. The molecule has 0 atom stereocenters. The number of fused-ring (bicyclic) bond motifs is 10. The van der Waals surface area contributed by atoms with Gasteiger partial charge in [0.15, 0.2) is 0 Å². The average molecular weight is 1050 g/mol. The summed E-state index contributed by atoms with van der Waals surface area (Å²) >= 11 is 0. The number of imide groups is 1. The van der Waals surface area contributed by atoms with Crippen molar-refractivity contribution in [3.05, 3.63) is 290 Å². The van der Waals surface area contributed by atoms with Gasteiger partial charge in [-0.15, -0.1) is 0 Å². The lowest BCUT2D eigenvalue weighted by molar-refractivity contribution is 0.0926. The zero-order valence-corrected chi connectivity index (χ0v) is 44.0. The molecule has 2 amide bonds. The predicted octanol–water partition coefficient (Wildman–Crippen LogP) is 18.3. The summed E-state index contributed by atoms with van der Waals surface area (Å²) in [5, 5.41) is 17.2. The van der Waals surface area contributed by atoms with Crippen molar-refractivity contribution in [2.75, 3.05) is 4.90 Å². The van der Waals surface area contributed by atoms with Crippen LogP contribution in [0.5, 0.6) is 0 Å². The van der Waals surface area contributed by atoms with E-state index in [1.165, 1.54) is 33.0 Å². The molecular weight excluding hydrogens is 1000 g/mol. The molecule has 0 N–H and O–H groups in total. The van der Waals surface area contributed by atoms with E-state index in [0.29, 0.717) is 16.8 Å². The first-order valence-corrected chi connectivity index (χ1v) is 27.5. The molecule has 12 aromatic carbocycles. The summed E-state index contributed by atoms with van der Waals surface area (Å²) in [6.45, 7) is 0. The average Bonchev–Trinajstić information content (AvgIpc) is 4.43. The molecule has 0 radical (unpaired) electrons. The van der Waals surface area contributed by atoms with Gasteiger partial charge in [0.1, 0.15) is 6.07 Å². The molecule has 3 aromatic heterocycles. The number of amides is 2. The molecule has 0 spiro atoms. The van der Waals surface area contributed by atoms with E-state index in [-0.39, 0.29) is 11.3 Å². The van der Waals surface area contributed by atoms with Crippen LogP contribution in [0, 0.1) is 11.3 Å². The Morgan fingerprint density at radius 2 is 0.585 bits per heavy atom. The summed E-state index contributed by atoms with van der Waals surface area (Å²) in [5.41, 5.74) is 19.4. The Morgan fingerprint density at radius 1 is 0.268 bits per heavy atom. The van der Waals surface area contributed by atoms with Gasteiger partial charge in [-0.25, -0.2) is 4.90 Å². The van der Waals surface area contributed by atoms with Crippen molar-refractivity contribution in [3.63, 3.8) is 0 Å². The monoisotopic (exact) mass is 1050 g/mol. The second kappa shape index (κ2) is 18.4. The van der Waals surface area contributed by atoms with Gasteiger partial charge in [0.25, 0.3) is 11.8 Å². The maximum absolute atomic E-state index is 14.0. The summed E-state index contributed by atoms with van der Waals surface area (Å²) in [6, 6.07) is 97.1. The second-order valence-electron chi connectivity index (χ2n) is 21.1. The Bertz CT molecular complexity index is 4900. The highest BCUT2D eigenvalue weighted by Gasteiger charge is 2.38. The van der Waals surface area contributed by atoms with Crippen molar-refractivity contribution in [1.82, 2.24) is 13.7 Å². The summed E-state index contributed by atoms with van der Waals surface area (Å²) in [4.78, 5) is 29.2. The third-order valence-electron chi connectivity index (χ3n) is 16.6. The van der Waals surface area contributed by atoms with E-state index in [4.69, 9.17) is 0 Å². The van der Waals surface area contributed by atoms with Gasteiger partial charge in [0, 0.05) is 49.4 Å². The Balaban J connectivity index is 0.855. The van der Waals surface area contributed by atoms with E-state index in [1.54, 1.807) is 36.4 Å². The molecule has 82 heavy (non-hydrogen) atoms. The van der Waals surface area contributed by atoms with Crippen molar-refractivity contribution < 1.29 is 9.59 Å². The molecule has 4 heterocycles. The second-order valence-corrected chi connectivity index (χ2v) is 21.1. The fourth-order valence-electron chi connectivity index (χ4n) is 12.7. The van der Waals surface area contributed by atoms with Crippen molar-refractivity contribution in [2.24, 2.45) is 0 Å². The fourth-order valence-corrected chi connectivity index (χ4v) is 12.7. The van der Waals surface area contributed by atoms with Crippen LogP contribution in [-0.4, -0.2) is 25.5 Å². The normalized spacial score (nSPS) is 12.4. The zero-order chi connectivity index (χ0) is 54.6. The van der Waals surface area contributed by atoms with E-state index in [1.807, 2.05) is 18.2 Å². The van der Waals surface area contributed by atoms with Gasteiger partial charge in [-0.3, -0.25) is 9.59 Å². The number of nitriles is 1. The van der Waals surface area contributed by atoms with E-state index < -0.39 is 11.8 Å². The van der Waals surface area contributed by atoms with Crippen molar-refractivity contribution in [3.8, 4) is 67.6 Å². The maximum Gasteiger partial charge on any atom is 0.266 e. The molecule has 0 fully saturated rings. The van der Waals surface area contributed by atoms with Crippen molar-refractivity contribution in [1.29, 1.82) is 5.26 Å². The molecule has 16 rings (SSSR count). The minimum absolute atomic E-state index is 0.227. The highest BCUT2D eigenvalue weighted by Crippen LogP contribution is 2.43. The van der Waals surface area contributed by atoms with Gasteiger partial charge >= 0.3 is 0 Å². The lowest BCUT2D eigenvalue weighted by Gasteiger charge is -2.18. The SMILES string of the molecule is N#Cc1ccc(-n2c3ccc(-c4ccc5c(c4)c4ccccc4n5-c4ccc(-c5ccccc5)cc4)cc3c3cc(-c4ccc5c(c4)c4ccccc4n5-c4ccc(-c5ccccc5)cc4)ccc32)cc1N1C(=O)c2ccccc2C1=O. The molecule has 1 aliphatic rings. The quantitative estimate of drug-likeness (QED) is 0.142. The van der Waals surface area contributed by atoms with Gasteiger partial charge in [-0.1, -0.05) is 158 Å². The lowest BCUT2D eigenvalue weighted by Crippen LogP contribution is -2.30. The summed E-state index contributed by atoms with van der Waals surface area (Å²) in [7, 11) is 0. The molecule has 1 aliphatic heterocycles. The zero-order valence-electron chi connectivity index (χ0n) is 44.0. The molecule has 0 unspecified atom stereocenters. The van der Waals surface area contributed by atoms with Gasteiger partial charge < -0.3 is 13.7 Å². The van der Waals surface area contributed by atoms with Crippen LogP contribution in [-0.2, 0) is 0 Å². The third-order valence-corrected chi connectivity index (χ3v) is 16.6. The standard InChI is InChI=1S/C75H45N5O2/c76-46-55-27-36-58(45-73(55)80-74(81)61-19-7-8-20-62(61)75(80)82)79-71-39-30-53(51-28-37-69-63(41-51)59-17-9-11-21-67(59)77(69)56-32-23-49(24-33-56)47-13-3-1-4-14-47)43-65(71)66-44-54(31-40-72(66)79)52-29-38-70-64(42-52)60-18-10-12-22-68(60)78(70)57-34-25-50(26-35-57)48-15-5-2-6-16-48/h1-45H. The number of anilines is 1. The van der Waals surface area contributed by atoms with Crippen LogP contribution in [0.2, 0.25) is 0 Å². The molecular formula is C75H45N5O2. The molecule has 0 aliphatic carbocycles. The first kappa shape index (κ1) is 46.7. The topological polar surface area (TPSA) is 76.0 Å². The van der Waals surface area contributed by atoms with Gasteiger partial charge in [0.05, 0.1) is 55.5 Å². The van der Waals surface area contributed by atoms with Crippen LogP contribution >= 0.6 is 0 Å². The summed E-state index contributed by atoms with van der Waals surface area (Å²) < 4.78 is 6.89. The van der Waals surface area contributed by atoms with Gasteiger partial charge in [-0.05, 0) is 160 Å². The molecule has 15 aromatic rings. The van der Waals surface area contributed by atoms with E-state index >= 15 is 0 Å². The number of carbonyl (C=O) groups excluding carboxylic acids is 2.